The normalized spacial score (nSPS) is 11.7. The first-order valence-corrected chi connectivity index (χ1v) is 8.05. The fourth-order valence-electron chi connectivity index (χ4n) is 1.55. The molecule has 0 aliphatic rings. The Morgan fingerprint density at radius 3 is 2.75 bits per heavy atom. The van der Waals surface area contributed by atoms with E-state index in [4.69, 9.17) is 0 Å². The van der Waals surface area contributed by atoms with Gasteiger partial charge in [-0.15, -0.1) is 4.83 Å². The summed E-state index contributed by atoms with van der Waals surface area (Å²) in [6.45, 7) is 1.61. The molecule has 0 fully saturated rings. The summed E-state index contributed by atoms with van der Waals surface area (Å²) < 4.78 is 26.0. The fraction of sp³-hybridized carbons (Fsp3) is 0.273. The number of benzene rings is 1. The fourth-order valence-corrected chi connectivity index (χ4v) is 3.43. The van der Waals surface area contributed by atoms with Crippen LogP contribution in [0.1, 0.15) is 13.3 Å². The number of amides is 1. The highest BCUT2D eigenvalue weighted by Gasteiger charge is 2.16. The molecule has 0 spiro atoms. The van der Waals surface area contributed by atoms with Crippen molar-refractivity contribution in [2.75, 3.05) is 0 Å². The molecule has 20 heavy (non-hydrogen) atoms. The monoisotopic (exact) mass is 315 g/mol. The maximum absolute atomic E-state index is 12.0. The molecule has 2 N–H and O–H groups in total. The van der Waals surface area contributed by atoms with Crippen LogP contribution >= 0.6 is 11.3 Å². The van der Waals surface area contributed by atoms with Crippen molar-refractivity contribution in [2.24, 2.45) is 7.05 Å². The van der Waals surface area contributed by atoms with E-state index in [-0.39, 0.29) is 16.2 Å². The minimum absolute atomic E-state index is 0.0109. The molecule has 9 heteroatoms. The number of rotatable bonds is 4. The van der Waals surface area contributed by atoms with Crippen molar-refractivity contribution in [1.82, 2.24) is 14.8 Å². The van der Waals surface area contributed by atoms with E-state index in [2.05, 4.69) is 5.43 Å². The molecule has 108 valence electrons. The van der Waals surface area contributed by atoms with Gasteiger partial charge in [-0.25, -0.2) is 8.42 Å². The van der Waals surface area contributed by atoms with Gasteiger partial charge in [-0.05, 0) is 18.2 Å². The second kappa shape index (κ2) is 5.35. The summed E-state index contributed by atoms with van der Waals surface area (Å²) in [4.78, 5) is 24.4. The third-order valence-corrected chi connectivity index (χ3v) is 4.96. The van der Waals surface area contributed by atoms with E-state index in [0.717, 1.165) is 11.3 Å². The first-order chi connectivity index (χ1) is 9.35. The molecule has 0 aliphatic heterocycles. The number of fused-ring (bicyclic) bond motifs is 1. The van der Waals surface area contributed by atoms with Crippen molar-refractivity contribution < 1.29 is 13.2 Å². The standard InChI is InChI=1S/C11H13N3O4S2/c1-3-10(15)12-13-20(17,18)7-4-5-8-9(6-7)19-11(16)14(8)2/h4-6,13H,3H2,1-2H3,(H,12,15). The summed E-state index contributed by atoms with van der Waals surface area (Å²) in [5.41, 5.74) is 2.76. The molecule has 7 nitrogen and oxygen atoms in total. The SMILES string of the molecule is CCC(=O)NNS(=O)(=O)c1ccc2c(c1)sc(=O)n2C. The number of thiazole rings is 1. The second-order valence-corrected chi connectivity index (χ2v) is 6.74. The highest BCUT2D eigenvalue weighted by Crippen LogP contribution is 2.20. The lowest BCUT2D eigenvalue weighted by Gasteiger charge is -2.07. The van der Waals surface area contributed by atoms with Gasteiger partial charge >= 0.3 is 4.87 Å². The summed E-state index contributed by atoms with van der Waals surface area (Å²) in [5.74, 6) is -0.431. The number of carbonyl (C=O) groups excluding carboxylic acids is 1. The Hall–Kier alpha value is -1.71. The van der Waals surface area contributed by atoms with E-state index in [1.165, 1.54) is 16.7 Å². The molecule has 0 saturated carbocycles. The van der Waals surface area contributed by atoms with Crippen LogP contribution in [0, 0.1) is 0 Å². The molecule has 1 aromatic carbocycles. The van der Waals surface area contributed by atoms with Crippen LogP contribution in [0.4, 0.5) is 0 Å². The lowest BCUT2D eigenvalue weighted by atomic mass is 10.3. The largest absolute Gasteiger partial charge is 0.307 e. The number of sulfonamides is 1. The smallest absolute Gasteiger partial charge is 0.302 e. The zero-order valence-corrected chi connectivity index (χ0v) is 12.5. The van der Waals surface area contributed by atoms with Gasteiger partial charge in [0.25, 0.3) is 10.0 Å². The van der Waals surface area contributed by atoms with Gasteiger partial charge in [0.1, 0.15) is 0 Å². The molecule has 0 bridgehead atoms. The number of hydrogen-bond acceptors (Lipinski definition) is 5. The van der Waals surface area contributed by atoms with E-state index in [1.54, 1.807) is 20.0 Å². The van der Waals surface area contributed by atoms with Crippen molar-refractivity contribution in [3.05, 3.63) is 27.9 Å². The average Bonchev–Trinajstić information content (AvgIpc) is 2.71. The van der Waals surface area contributed by atoms with Gasteiger partial charge in [0, 0.05) is 13.5 Å². The molecule has 0 radical (unpaired) electrons. The molecule has 1 heterocycles. The number of nitrogens with zero attached hydrogens (tertiary/aromatic N) is 1. The van der Waals surface area contributed by atoms with E-state index in [1.807, 2.05) is 4.83 Å². The lowest BCUT2D eigenvalue weighted by molar-refractivity contribution is -0.121. The second-order valence-electron chi connectivity index (χ2n) is 4.06. The number of aryl methyl sites for hydroxylation is 1. The number of hydrogen-bond donors (Lipinski definition) is 2. The Balaban J connectivity index is 2.37. The Kier molecular flexibility index (Phi) is 3.93. The number of nitrogens with one attached hydrogen (secondary N) is 2. The molecular formula is C11H13N3O4S2. The van der Waals surface area contributed by atoms with E-state index >= 15 is 0 Å². The highest BCUT2D eigenvalue weighted by atomic mass is 32.2. The quantitative estimate of drug-likeness (QED) is 0.794. The lowest BCUT2D eigenvalue weighted by Crippen LogP contribution is -2.41. The zero-order chi connectivity index (χ0) is 14.9. The van der Waals surface area contributed by atoms with Crippen LogP contribution in [-0.4, -0.2) is 18.9 Å². The van der Waals surface area contributed by atoms with Crippen molar-refractivity contribution in [3.8, 4) is 0 Å². The van der Waals surface area contributed by atoms with Gasteiger partial charge in [-0.3, -0.25) is 15.0 Å². The van der Waals surface area contributed by atoms with Crippen molar-refractivity contribution >= 4 is 37.5 Å². The van der Waals surface area contributed by atoms with Crippen molar-refractivity contribution in [3.63, 3.8) is 0 Å². The Morgan fingerprint density at radius 1 is 1.40 bits per heavy atom. The van der Waals surface area contributed by atoms with Gasteiger partial charge in [0.15, 0.2) is 0 Å². The molecule has 1 amide bonds. The predicted octanol–water partition coefficient (Wildman–Crippen LogP) is 0.319. The topological polar surface area (TPSA) is 97.3 Å². The average molecular weight is 315 g/mol. The molecule has 2 rings (SSSR count). The summed E-state index contributed by atoms with van der Waals surface area (Å²) in [7, 11) is -2.23. The summed E-state index contributed by atoms with van der Waals surface area (Å²) >= 11 is 0.966. The van der Waals surface area contributed by atoms with Gasteiger partial charge < -0.3 is 4.57 Å². The number of carbonyl (C=O) groups is 1. The van der Waals surface area contributed by atoms with Crippen LogP contribution in [-0.2, 0) is 21.9 Å². The zero-order valence-electron chi connectivity index (χ0n) is 10.8. The summed E-state index contributed by atoms with van der Waals surface area (Å²) in [6.07, 6.45) is 0.169. The van der Waals surface area contributed by atoms with Crippen LogP contribution in [0.25, 0.3) is 10.2 Å². The maximum atomic E-state index is 12.0. The third-order valence-electron chi connectivity index (χ3n) is 2.72. The van der Waals surface area contributed by atoms with Gasteiger partial charge in [0.05, 0.1) is 15.1 Å². The van der Waals surface area contributed by atoms with Gasteiger partial charge in [0.2, 0.25) is 5.91 Å². The Bertz CT molecular complexity index is 820. The molecule has 0 atom stereocenters. The van der Waals surface area contributed by atoms with E-state index in [0.29, 0.717) is 10.2 Å². The molecule has 0 saturated heterocycles. The van der Waals surface area contributed by atoms with Crippen molar-refractivity contribution in [2.45, 2.75) is 18.2 Å². The van der Waals surface area contributed by atoms with E-state index < -0.39 is 15.9 Å². The first-order valence-electron chi connectivity index (χ1n) is 5.75. The van der Waals surface area contributed by atoms with Gasteiger partial charge in [-0.1, -0.05) is 18.3 Å². The molecule has 0 aliphatic carbocycles. The first kappa shape index (κ1) is 14.7. The summed E-state index contributed by atoms with van der Waals surface area (Å²) in [5, 5.41) is 0. The maximum Gasteiger partial charge on any atom is 0.307 e. The van der Waals surface area contributed by atoms with Crippen molar-refractivity contribution in [1.29, 1.82) is 0 Å². The molecular weight excluding hydrogens is 302 g/mol. The van der Waals surface area contributed by atoms with Crippen LogP contribution in [0.5, 0.6) is 0 Å². The molecule has 1 aromatic heterocycles. The number of aromatic nitrogens is 1. The third kappa shape index (κ3) is 2.74. The Morgan fingerprint density at radius 2 is 2.10 bits per heavy atom. The van der Waals surface area contributed by atoms with Crippen LogP contribution in [0.2, 0.25) is 0 Å². The van der Waals surface area contributed by atoms with Gasteiger partial charge in [-0.2, -0.15) is 0 Å². The minimum Gasteiger partial charge on any atom is -0.302 e. The Labute approximate surface area is 119 Å². The number of hydrazine groups is 1. The predicted molar refractivity (Wildman–Crippen MR) is 75.8 cm³/mol. The summed E-state index contributed by atoms with van der Waals surface area (Å²) in [6, 6.07) is 4.35. The van der Waals surface area contributed by atoms with E-state index in [9.17, 15) is 18.0 Å². The van der Waals surface area contributed by atoms with Crippen LogP contribution in [0.15, 0.2) is 27.9 Å². The highest BCUT2D eigenvalue weighted by molar-refractivity contribution is 7.89. The molecule has 0 unspecified atom stereocenters. The van der Waals surface area contributed by atoms with Crippen LogP contribution < -0.4 is 15.1 Å². The minimum atomic E-state index is -3.85. The molecule has 2 aromatic rings. The van der Waals surface area contributed by atoms with Crippen LogP contribution in [0.3, 0.4) is 0 Å².